The first-order chi connectivity index (χ1) is 6.04. The van der Waals surface area contributed by atoms with E-state index in [-0.39, 0.29) is 0 Å². The van der Waals surface area contributed by atoms with E-state index in [0.717, 1.165) is 4.47 Å². The maximum absolute atomic E-state index is 9.57. The molecule has 0 saturated heterocycles. The monoisotopic (exact) mass is 245 g/mol. The van der Waals surface area contributed by atoms with Gasteiger partial charge in [0.15, 0.2) is 0 Å². The number of nitrogens with two attached hydrogens (primary N) is 1. The molecule has 0 aliphatic rings. The molecule has 0 aliphatic carbocycles. The van der Waals surface area contributed by atoms with Crippen LogP contribution in [-0.2, 0) is 4.79 Å². The molecule has 13 heavy (non-hydrogen) atoms. The lowest BCUT2D eigenvalue weighted by Crippen LogP contribution is -2.25. The van der Waals surface area contributed by atoms with Crippen LogP contribution >= 0.6 is 15.9 Å². The maximum Gasteiger partial charge on any atom is 0.320 e. The smallest absolute Gasteiger partial charge is 0.320 e. The normalized spacial score (nSPS) is 11.0. The first kappa shape index (κ1) is 12.1. The van der Waals surface area contributed by atoms with Crippen molar-refractivity contribution < 1.29 is 9.90 Å². The summed E-state index contributed by atoms with van der Waals surface area (Å²) in [5, 5.41) is 7.87. The van der Waals surface area contributed by atoms with Gasteiger partial charge in [0.05, 0.1) is 0 Å². The first-order valence-corrected chi connectivity index (χ1v) is 4.52. The lowest BCUT2D eigenvalue weighted by Gasteiger charge is -1.90. The molecule has 1 rings (SSSR count). The quantitative estimate of drug-likeness (QED) is 0.795. The minimum Gasteiger partial charge on any atom is -0.480 e. The third kappa shape index (κ3) is 7.49. The number of carbonyl (C=O) groups is 1. The van der Waals surface area contributed by atoms with E-state index in [9.17, 15) is 4.79 Å². The maximum atomic E-state index is 9.57. The summed E-state index contributed by atoms with van der Waals surface area (Å²) in [6.07, 6.45) is 0. The average Bonchev–Trinajstić information content (AvgIpc) is 2.06. The van der Waals surface area contributed by atoms with Crippen molar-refractivity contribution in [3.05, 3.63) is 34.8 Å². The molecule has 0 heterocycles. The Morgan fingerprint density at radius 3 is 2.00 bits per heavy atom. The zero-order valence-electron chi connectivity index (χ0n) is 7.27. The number of benzene rings is 1. The molecule has 72 valence electrons. The molecular weight excluding hydrogens is 234 g/mol. The Labute approximate surface area is 85.7 Å². The van der Waals surface area contributed by atoms with Crippen molar-refractivity contribution in [1.82, 2.24) is 0 Å². The molecule has 0 fully saturated rings. The highest BCUT2D eigenvalue weighted by Crippen LogP contribution is 2.05. The second-order valence-electron chi connectivity index (χ2n) is 2.42. The van der Waals surface area contributed by atoms with Crippen LogP contribution in [0.2, 0.25) is 0 Å². The van der Waals surface area contributed by atoms with Gasteiger partial charge in [0.25, 0.3) is 0 Å². The minimum atomic E-state index is -0.963. The number of halogens is 1. The fraction of sp³-hybridized carbons (Fsp3) is 0.222. The van der Waals surface area contributed by atoms with Crippen LogP contribution in [0.25, 0.3) is 0 Å². The van der Waals surface area contributed by atoms with Gasteiger partial charge in [0.1, 0.15) is 6.04 Å². The largest absolute Gasteiger partial charge is 0.480 e. The fourth-order valence-corrected chi connectivity index (χ4v) is 0.720. The molecule has 0 amide bonds. The first-order valence-electron chi connectivity index (χ1n) is 3.73. The van der Waals surface area contributed by atoms with Crippen LogP contribution in [0.1, 0.15) is 6.92 Å². The highest BCUT2D eigenvalue weighted by atomic mass is 79.9. The molecule has 1 aromatic carbocycles. The van der Waals surface area contributed by atoms with Crippen molar-refractivity contribution in [2.45, 2.75) is 13.0 Å². The van der Waals surface area contributed by atoms with Crippen molar-refractivity contribution in [1.29, 1.82) is 0 Å². The van der Waals surface area contributed by atoms with Gasteiger partial charge in [0, 0.05) is 4.47 Å². The number of carboxylic acids is 1. The van der Waals surface area contributed by atoms with Crippen LogP contribution in [0.3, 0.4) is 0 Å². The van der Waals surface area contributed by atoms with E-state index in [1.54, 1.807) is 0 Å². The zero-order chi connectivity index (χ0) is 10.3. The Bertz CT molecular complexity index is 249. The number of hydrogen-bond donors (Lipinski definition) is 2. The van der Waals surface area contributed by atoms with Crippen LogP contribution in [0, 0.1) is 0 Å². The minimum absolute atomic E-state index is 0.731. The molecule has 1 aromatic rings. The molecule has 1 unspecified atom stereocenters. The number of carboxylic acid groups (broad SMARTS) is 1. The third-order valence-corrected chi connectivity index (χ3v) is 1.65. The van der Waals surface area contributed by atoms with Crippen LogP contribution < -0.4 is 5.73 Å². The Morgan fingerprint density at radius 2 is 1.85 bits per heavy atom. The summed E-state index contributed by atoms with van der Waals surface area (Å²) in [5.74, 6) is -0.963. The van der Waals surface area contributed by atoms with Gasteiger partial charge in [-0.25, -0.2) is 0 Å². The molecule has 0 spiro atoms. The van der Waals surface area contributed by atoms with Crippen LogP contribution in [0.4, 0.5) is 0 Å². The van der Waals surface area contributed by atoms with Crippen molar-refractivity contribution in [2.75, 3.05) is 0 Å². The summed E-state index contributed by atoms with van der Waals surface area (Å²) < 4.78 is 1.13. The van der Waals surface area contributed by atoms with Gasteiger partial charge in [-0.1, -0.05) is 34.1 Å². The van der Waals surface area contributed by atoms with Crippen molar-refractivity contribution in [2.24, 2.45) is 5.73 Å². The SMILES string of the molecule is Brc1ccccc1.CC(N)C(=O)O. The van der Waals surface area contributed by atoms with E-state index in [2.05, 4.69) is 15.9 Å². The lowest BCUT2D eigenvalue weighted by molar-refractivity contribution is -0.138. The van der Waals surface area contributed by atoms with E-state index >= 15 is 0 Å². The second-order valence-corrected chi connectivity index (χ2v) is 3.34. The van der Waals surface area contributed by atoms with E-state index in [0.29, 0.717) is 0 Å². The lowest BCUT2D eigenvalue weighted by atomic mass is 10.4. The van der Waals surface area contributed by atoms with Crippen molar-refractivity contribution in [3.8, 4) is 0 Å². The van der Waals surface area contributed by atoms with Gasteiger partial charge < -0.3 is 10.8 Å². The Morgan fingerprint density at radius 1 is 1.46 bits per heavy atom. The summed E-state index contributed by atoms with van der Waals surface area (Å²) >= 11 is 3.31. The van der Waals surface area contributed by atoms with Gasteiger partial charge in [-0.05, 0) is 19.1 Å². The molecular formula is C9H12BrNO2. The predicted molar refractivity (Wildman–Crippen MR) is 55.4 cm³/mol. The third-order valence-electron chi connectivity index (χ3n) is 1.12. The summed E-state index contributed by atoms with van der Waals surface area (Å²) in [4.78, 5) is 9.57. The highest BCUT2D eigenvalue weighted by Gasteiger charge is 1.99. The van der Waals surface area contributed by atoms with E-state index in [4.69, 9.17) is 10.8 Å². The van der Waals surface area contributed by atoms with Gasteiger partial charge in [-0.2, -0.15) is 0 Å². The molecule has 0 saturated carbocycles. The average molecular weight is 246 g/mol. The number of aliphatic carboxylic acids is 1. The summed E-state index contributed by atoms with van der Waals surface area (Å²) in [6, 6.07) is 9.24. The Balaban J connectivity index is 0.000000226. The van der Waals surface area contributed by atoms with Gasteiger partial charge >= 0.3 is 5.97 Å². The van der Waals surface area contributed by atoms with Gasteiger partial charge in [0.2, 0.25) is 0 Å². The molecule has 1 atom stereocenters. The van der Waals surface area contributed by atoms with Crippen LogP contribution in [0.5, 0.6) is 0 Å². The summed E-state index contributed by atoms with van der Waals surface area (Å²) in [7, 11) is 0. The molecule has 0 radical (unpaired) electrons. The van der Waals surface area contributed by atoms with E-state index in [1.807, 2.05) is 30.3 Å². The van der Waals surface area contributed by atoms with Crippen LogP contribution in [0.15, 0.2) is 34.8 Å². The Kier molecular flexibility index (Phi) is 6.18. The van der Waals surface area contributed by atoms with E-state index in [1.165, 1.54) is 6.92 Å². The molecule has 4 heteroatoms. The predicted octanol–water partition coefficient (Wildman–Crippen LogP) is 1.87. The van der Waals surface area contributed by atoms with E-state index < -0.39 is 12.0 Å². The van der Waals surface area contributed by atoms with Gasteiger partial charge in [-0.15, -0.1) is 0 Å². The Hall–Kier alpha value is -0.870. The molecule has 3 nitrogen and oxygen atoms in total. The topological polar surface area (TPSA) is 63.3 Å². The number of hydrogen-bond acceptors (Lipinski definition) is 2. The summed E-state index contributed by atoms with van der Waals surface area (Å²) in [5.41, 5.74) is 4.84. The standard InChI is InChI=1S/C6H5Br.C3H7NO2/c7-6-4-2-1-3-5-6;1-2(4)3(5)6/h1-5H;2H,4H2,1H3,(H,5,6). The van der Waals surface area contributed by atoms with Crippen LogP contribution in [-0.4, -0.2) is 17.1 Å². The van der Waals surface area contributed by atoms with Crippen molar-refractivity contribution in [3.63, 3.8) is 0 Å². The molecule has 3 N–H and O–H groups in total. The van der Waals surface area contributed by atoms with Gasteiger partial charge in [-0.3, -0.25) is 4.79 Å². The summed E-state index contributed by atoms with van der Waals surface area (Å²) in [6.45, 7) is 1.42. The zero-order valence-corrected chi connectivity index (χ0v) is 8.86. The molecule has 0 bridgehead atoms. The second kappa shape index (κ2) is 6.62. The molecule has 0 aromatic heterocycles. The molecule has 0 aliphatic heterocycles. The fourth-order valence-electron chi connectivity index (χ4n) is 0.415. The van der Waals surface area contributed by atoms with Crippen molar-refractivity contribution >= 4 is 21.9 Å². The number of rotatable bonds is 1. The highest BCUT2D eigenvalue weighted by molar-refractivity contribution is 9.10.